The maximum atomic E-state index is 12.8. The summed E-state index contributed by atoms with van der Waals surface area (Å²) in [5, 5.41) is 15.6. The Morgan fingerprint density at radius 1 is 1.10 bits per heavy atom. The third kappa shape index (κ3) is 3.51. The summed E-state index contributed by atoms with van der Waals surface area (Å²) in [4.78, 5) is 25.8. The number of nitrogens with one attached hydrogen (secondary N) is 2. The lowest BCUT2D eigenvalue weighted by Gasteiger charge is -2.27. The number of carbonyl (C=O) groups is 2. The van der Waals surface area contributed by atoms with E-state index in [1.165, 1.54) is 0 Å². The highest BCUT2D eigenvalue weighted by molar-refractivity contribution is 6.10. The Kier molecular flexibility index (Phi) is 4.83. The summed E-state index contributed by atoms with van der Waals surface area (Å²) < 4.78 is 7.60. The Bertz CT molecular complexity index is 1120. The van der Waals surface area contributed by atoms with Gasteiger partial charge < -0.3 is 25.0 Å². The van der Waals surface area contributed by atoms with Crippen molar-refractivity contribution in [1.82, 2.24) is 15.2 Å². The number of benzene rings is 2. The predicted molar refractivity (Wildman–Crippen MR) is 116 cm³/mol. The second-order valence-corrected chi connectivity index (χ2v) is 7.68. The average molecular weight is 418 g/mol. The molecule has 5 rings (SSSR count). The predicted octanol–water partition coefficient (Wildman–Crippen LogP) is 2.93. The van der Waals surface area contributed by atoms with Crippen molar-refractivity contribution in [2.24, 2.45) is 5.92 Å². The molecule has 158 valence electrons. The fourth-order valence-corrected chi connectivity index (χ4v) is 3.87. The lowest BCUT2D eigenvalue weighted by atomic mass is 10.0. The largest absolute Gasteiger partial charge is 0.493 e. The number of ether oxygens (including phenoxy) is 1. The van der Waals surface area contributed by atoms with Crippen LogP contribution in [0.5, 0.6) is 5.75 Å². The van der Waals surface area contributed by atoms with E-state index in [9.17, 15) is 14.7 Å². The number of hydrogen-bond acceptors (Lipinski definition) is 4. The van der Waals surface area contributed by atoms with E-state index < -0.39 is 6.09 Å². The van der Waals surface area contributed by atoms with Crippen LogP contribution < -0.4 is 20.3 Å². The molecule has 2 amide bonds. The number of para-hydroxylation sites is 1. The van der Waals surface area contributed by atoms with E-state index in [1.54, 1.807) is 4.57 Å². The molecule has 8 nitrogen and oxygen atoms in total. The molecule has 0 radical (unpaired) electrons. The van der Waals surface area contributed by atoms with Crippen LogP contribution in [0.3, 0.4) is 0 Å². The van der Waals surface area contributed by atoms with Gasteiger partial charge in [0.15, 0.2) is 0 Å². The van der Waals surface area contributed by atoms with Gasteiger partial charge in [0.05, 0.1) is 12.2 Å². The first-order chi connectivity index (χ1) is 15.1. The number of anilines is 1. The van der Waals surface area contributed by atoms with Crippen LogP contribution in [0.2, 0.25) is 0 Å². The van der Waals surface area contributed by atoms with Gasteiger partial charge in [-0.3, -0.25) is 4.79 Å². The third-order valence-corrected chi connectivity index (χ3v) is 5.64. The molecule has 8 heteroatoms. The topological polar surface area (TPSA) is 95.8 Å². The minimum atomic E-state index is -1.13. The van der Waals surface area contributed by atoms with Gasteiger partial charge in [0.1, 0.15) is 18.2 Å². The molecule has 3 N–H and O–H groups in total. The monoisotopic (exact) mass is 418 g/mol. The van der Waals surface area contributed by atoms with Gasteiger partial charge in [-0.05, 0) is 29.8 Å². The third-order valence-electron chi connectivity index (χ3n) is 5.64. The molecule has 0 aliphatic carbocycles. The number of amides is 2. The van der Waals surface area contributed by atoms with Crippen molar-refractivity contribution < 1.29 is 19.4 Å². The molecule has 3 aromatic rings. The lowest BCUT2D eigenvalue weighted by Crippen LogP contribution is -2.46. The van der Waals surface area contributed by atoms with Crippen molar-refractivity contribution in [3.8, 4) is 22.6 Å². The molecule has 0 bridgehead atoms. The van der Waals surface area contributed by atoms with Gasteiger partial charge in [-0.2, -0.15) is 0 Å². The summed E-state index contributed by atoms with van der Waals surface area (Å²) >= 11 is 0. The maximum absolute atomic E-state index is 12.8. The quantitative estimate of drug-likeness (QED) is 0.592. The highest BCUT2D eigenvalue weighted by atomic mass is 16.5. The van der Waals surface area contributed by atoms with Crippen molar-refractivity contribution in [3.63, 3.8) is 0 Å². The van der Waals surface area contributed by atoms with E-state index >= 15 is 0 Å². The second kappa shape index (κ2) is 7.81. The van der Waals surface area contributed by atoms with Gasteiger partial charge in [-0.15, -0.1) is 0 Å². The second-order valence-electron chi connectivity index (χ2n) is 7.68. The van der Waals surface area contributed by atoms with Crippen molar-refractivity contribution >= 4 is 17.8 Å². The number of nitrogens with zero attached hydrogens (tertiary/aromatic N) is 2. The number of rotatable bonds is 5. The van der Waals surface area contributed by atoms with E-state index in [-0.39, 0.29) is 12.6 Å². The van der Waals surface area contributed by atoms with Crippen LogP contribution in [0, 0.1) is 5.92 Å². The molecule has 0 spiro atoms. The summed E-state index contributed by atoms with van der Waals surface area (Å²) in [5.41, 5.74) is 2.59. The summed E-state index contributed by atoms with van der Waals surface area (Å²) in [5.74, 6) is 1.35. The van der Waals surface area contributed by atoms with Crippen LogP contribution in [-0.2, 0) is 0 Å². The van der Waals surface area contributed by atoms with Gasteiger partial charge in [0, 0.05) is 36.5 Å². The van der Waals surface area contributed by atoms with Crippen molar-refractivity contribution in [3.05, 3.63) is 66.4 Å². The Labute approximate surface area is 179 Å². The molecular formula is C23H22N4O4. The summed E-state index contributed by atoms with van der Waals surface area (Å²) in [6.07, 6.45) is 0.689. The Morgan fingerprint density at radius 2 is 1.84 bits per heavy atom. The maximum Gasteiger partial charge on any atom is 0.414 e. The summed E-state index contributed by atoms with van der Waals surface area (Å²) in [6.45, 7) is 2.53. The first-order valence-electron chi connectivity index (χ1n) is 10.1. The zero-order valence-electron chi connectivity index (χ0n) is 16.7. The van der Waals surface area contributed by atoms with Gasteiger partial charge in [0.2, 0.25) is 0 Å². The number of carboxylic acid groups (broad SMARTS) is 1. The van der Waals surface area contributed by atoms with E-state index in [0.29, 0.717) is 29.5 Å². The van der Waals surface area contributed by atoms with E-state index in [2.05, 4.69) is 10.6 Å². The standard InChI is InChI=1S/C23H22N4O4/c28-21-20-19(16-6-8-18(9-7-16)31-13-15-10-24-11-15)12-26(17-4-2-1-3-5-17)22(20)27(14-25-21)23(29)30/h1-9,12,15,24H,10-11,13-14H2,(H,25,28)(H,29,30). The highest BCUT2D eigenvalue weighted by Gasteiger charge is 2.34. The number of carbonyl (C=O) groups excluding carboxylic acids is 1. The highest BCUT2D eigenvalue weighted by Crippen LogP contribution is 2.38. The van der Waals surface area contributed by atoms with Crippen LogP contribution in [0.4, 0.5) is 10.6 Å². The normalized spacial score (nSPS) is 15.7. The minimum Gasteiger partial charge on any atom is -0.493 e. The molecule has 2 aromatic carbocycles. The van der Waals surface area contributed by atoms with E-state index in [0.717, 1.165) is 35.0 Å². The molecule has 31 heavy (non-hydrogen) atoms. The van der Waals surface area contributed by atoms with Crippen LogP contribution in [0.25, 0.3) is 16.8 Å². The van der Waals surface area contributed by atoms with Gasteiger partial charge in [-0.1, -0.05) is 30.3 Å². The number of aromatic nitrogens is 1. The van der Waals surface area contributed by atoms with Gasteiger partial charge in [0.25, 0.3) is 5.91 Å². The van der Waals surface area contributed by atoms with Crippen LogP contribution in [0.1, 0.15) is 10.4 Å². The number of fused-ring (bicyclic) bond motifs is 1. The first-order valence-corrected chi connectivity index (χ1v) is 10.1. The summed E-state index contributed by atoms with van der Waals surface area (Å²) in [6, 6.07) is 16.9. The summed E-state index contributed by atoms with van der Waals surface area (Å²) in [7, 11) is 0. The molecule has 2 aliphatic heterocycles. The molecule has 1 aromatic heterocycles. The Hall–Kier alpha value is -3.78. The van der Waals surface area contributed by atoms with E-state index in [4.69, 9.17) is 4.74 Å². The molecule has 3 heterocycles. The van der Waals surface area contributed by atoms with Crippen molar-refractivity contribution in [2.45, 2.75) is 0 Å². The van der Waals surface area contributed by atoms with Crippen LogP contribution in [0.15, 0.2) is 60.8 Å². The van der Waals surface area contributed by atoms with Crippen molar-refractivity contribution in [2.75, 3.05) is 31.3 Å². The fraction of sp³-hybridized carbons (Fsp3) is 0.217. The Balaban J connectivity index is 1.56. The molecular weight excluding hydrogens is 396 g/mol. The van der Waals surface area contributed by atoms with Gasteiger partial charge in [-0.25, -0.2) is 9.69 Å². The smallest absolute Gasteiger partial charge is 0.414 e. The average Bonchev–Trinajstić information content (AvgIpc) is 3.15. The lowest BCUT2D eigenvalue weighted by molar-refractivity contribution is 0.0948. The SMILES string of the molecule is O=C1NCN(C(=O)O)c2c1c(-c1ccc(OCC3CNC3)cc1)cn2-c1ccccc1. The molecule has 1 fully saturated rings. The van der Waals surface area contributed by atoms with Crippen LogP contribution in [-0.4, -0.2) is 48.0 Å². The zero-order chi connectivity index (χ0) is 21.4. The van der Waals surface area contributed by atoms with E-state index in [1.807, 2.05) is 60.8 Å². The molecule has 1 saturated heterocycles. The number of hydrogen-bond donors (Lipinski definition) is 3. The zero-order valence-corrected chi connectivity index (χ0v) is 16.7. The molecule has 0 unspecified atom stereocenters. The molecule has 0 atom stereocenters. The Morgan fingerprint density at radius 3 is 2.48 bits per heavy atom. The molecule has 0 saturated carbocycles. The van der Waals surface area contributed by atoms with Gasteiger partial charge >= 0.3 is 6.09 Å². The minimum absolute atomic E-state index is 0.0970. The van der Waals surface area contributed by atoms with Crippen molar-refractivity contribution in [1.29, 1.82) is 0 Å². The first kappa shape index (κ1) is 19.2. The fourth-order valence-electron chi connectivity index (χ4n) is 3.87. The molecule has 2 aliphatic rings. The van der Waals surface area contributed by atoms with Crippen LogP contribution >= 0.6 is 0 Å².